The van der Waals surface area contributed by atoms with Crippen LogP contribution in [-0.2, 0) is 14.4 Å². The lowest BCUT2D eigenvalue weighted by Crippen LogP contribution is -2.50. The van der Waals surface area contributed by atoms with Crippen LogP contribution in [-0.4, -0.2) is 72.6 Å². The first-order valence-electron chi connectivity index (χ1n) is 8.98. The van der Waals surface area contributed by atoms with Gasteiger partial charge in [-0.25, -0.2) is 0 Å². The molecule has 3 amide bonds. The Balaban J connectivity index is 1.65. The predicted octanol–water partition coefficient (Wildman–Crippen LogP) is 0.695. The summed E-state index contributed by atoms with van der Waals surface area (Å²) in [6.45, 7) is 5.18. The molecule has 0 N–H and O–H groups in total. The zero-order valence-corrected chi connectivity index (χ0v) is 15.6. The van der Waals surface area contributed by atoms with Crippen LogP contribution < -0.4 is 9.64 Å². The van der Waals surface area contributed by atoms with Gasteiger partial charge in [0.15, 0.2) is 12.4 Å². The van der Waals surface area contributed by atoms with Crippen molar-refractivity contribution in [3.63, 3.8) is 0 Å². The molecule has 2 aliphatic heterocycles. The van der Waals surface area contributed by atoms with E-state index in [2.05, 4.69) is 0 Å². The summed E-state index contributed by atoms with van der Waals surface area (Å²) in [5, 5.41) is 0. The second-order valence-electron chi connectivity index (χ2n) is 6.71. The molecule has 1 aromatic rings. The first-order chi connectivity index (χ1) is 12.9. The van der Waals surface area contributed by atoms with Crippen LogP contribution in [0.5, 0.6) is 5.75 Å². The molecule has 144 valence electrons. The summed E-state index contributed by atoms with van der Waals surface area (Å²) >= 11 is 0. The van der Waals surface area contributed by atoms with Crippen molar-refractivity contribution in [1.82, 2.24) is 9.80 Å². The molecule has 8 heteroatoms. The van der Waals surface area contributed by atoms with E-state index in [-0.39, 0.29) is 43.1 Å². The number of ketones is 1. The topological polar surface area (TPSA) is 87.2 Å². The lowest BCUT2D eigenvalue weighted by Gasteiger charge is -2.35. The van der Waals surface area contributed by atoms with Crippen LogP contribution in [0, 0.1) is 0 Å². The molecule has 1 fully saturated rings. The maximum Gasteiger partial charge on any atom is 0.265 e. The van der Waals surface area contributed by atoms with Crippen molar-refractivity contribution in [2.45, 2.75) is 20.3 Å². The molecule has 1 saturated heterocycles. The Bertz CT molecular complexity index is 784. The number of hydrogen-bond donors (Lipinski definition) is 0. The number of piperazine rings is 1. The molecule has 1 aromatic carbocycles. The van der Waals surface area contributed by atoms with Crippen LogP contribution in [0.2, 0.25) is 0 Å². The minimum Gasteiger partial charge on any atom is -0.482 e. The molecular weight excluding hydrogens is 350 g/mol. The van der Waals surface area contributed by atoms with Gasteiger partial charge in [-0.1, -0.05) is 0 Å². The molecule has 2 heterocycles. The Kier molecular flexibility index (Phi) is 5.43. The highest BCUT2D eigenvalue weighted by molar-refractivity contribution is 6.01. The van der Waals surface area contributed by atoms with E-state index < -0.39 is 0 Å². The summed E-state index contributed by atoms with van der Waals surface area (Å²) < 4.78 is 5.42. The number of amides is 3. The van der Waals surface area contributed by atoms with Gasteiger partial charge in [0, 0.05) is 51.6 Å². The van der Waals surface area contributed by atoms with E-state index in [9.17, 15) is 19.2 Å². The van der Waals surface area contributed by atoms with Crippen LogP contribution >= 0.6 is 0 Å². The smallest absolute Gasteiger partial charge is 0.265 e. The molecule has 2 aliphatic rings. The number of ether oxygens (including phenoxy) is 1. The Labute approximate surface area is 157 Å². The number of Topliss-reactive ketones (excluding diaryl/α,β-unsaturated/α-hetero) is 1. The van der Waals surface area contributed by atoms with Crippen molar-refractivity contribution < 1.29 is 23.9 Å². The molecule has 0 radical (unpaired) electrons. The van der Waals surface area contributed by atoms with Gasteiger partial charge in [0.25, 0.3) is 5.91 Å². The minimum atomic E-state index is -0.239. The number of carbonyl (C=O) groups is 4. The van der Waals surface area contributed by atoms with Crippen LogP contribution in [0.3, 0.4) is 0 Å². The highest BCUT2D eigenvalue weighted by atomic mass is 16.5. The fraction of sp³-hybridized carbons (Fsp3) is 0.474. The van der Waals surface area contributed by atoms with Crippen LogP contribution in [0.15, 0.2) is 18.2 Å². The number of rotatable bonds is 4. The van der Waals surface area contributed by atoms with Crippen molar-refractivity contribution in [3.05, 3.63) is 23.8 Å². The number of anilines is 1. The molecule has 3 rings (SSSR count). The fourth-order valence-corrected chi connectivity index (χ4v) is 3.30. The van der Waals surface area contributed by atoms with Gasteiger partial charge in [-0.05, 0) is 25.1 Å². The lowest BCUT2D eigenvalue weighted by molar-refractivity contribution is -0.138. The molecule has 0 aromatic heterocycles. The largest absolute Gasteiger partial charge is 0.482 e. The van der Waals surface area contributed by atoms with E-state index in [0.717, 1.165) is 0 Å². The summed E-state index contributed by atoms with van der Waals surface area (Å²) in [5.41, 5.74) is 1.01. The van der Waals surface area contributed by atoms with Gasteiger partial charge in [0.2, 0.25) is 11.8 Å². The van der Waals surface area contributed by atoms with Gasteiger partial charge >= 0.3 is 0 Å². The maximum absolute atomic E-state index is 12.5. The molecule has 0 aliphatic carbocycles. The fourth-order valence-electron chi connectivity index (χ4n) is 3.30. The van der Waals surface area contributed by atoms with E-state index in [4.69, 9.17) is 4.74 Å². The third-order valence-electron chi connectivity index (χ3n) is 4.94. The number of benzene rings is 1. The minimum absolute atomic E-state index is 0.0129. The van der Waals surface area contributed by atoms with Gasteiger partial charge in [-0.3, -0.25) is 19.2 Å². The summed E-state index contributed by atoms with van der Waals surface area (Å²) in [6.07, 6.45) is 0.176. The Morgan fingerprint density at radius 1 is 1.04 bits per heavy atom. The van der Waals surface area contributed by atoms with E-state index in [0.29, 0.717) is 43.2 Å². The molecular formula is C19H23N3O5. The summed E-state index contributed by atoms with van der Waals surface area (Å²) in [7, 11) is 0. The highest BCUT2D eigenvalue weighted by Crippen LogP contribution is 2.33. The van der Waals surface area contributed by atoms with Gasteiger partial charge in [-0.2, -0.15) is 0 Å². The second-order valence-corrected chi connectivity index (χ2v) is 6.71. The van der Waals surface area contributed by atoms with Crippen LogP contribution in [0.1, 0.15) is 30.6 Å². The first-order valence-corrected chi connectivity index (χ1v) is 8.98. The average molecular weight is 373 g/mol. The number of fused-ring (bicyclic) bond motifs is 1. The highest BCUT2D eigenvalue weighted by Gasteiger charge is 2.28. The molecule has 0 bridgehead atoms. The van der Waals surface area contributed by atoms with Gasteiger partial charge in [-0.15, -0.1) is 0 Å². The third kappa shape index (κ3) is 4.10. The van der Waals surface area contributed by atoms with Gasteiger partial charge in [0.05, 0.1) is 5.69 Å². The number of nitrogens with zero attached hydrogens (tertiary/aromatic N) is 3. The normalized spacial score (nSPS) is 16.7. The van der Waals surface area contributed by atoms with Crippen molar-refractivity contribution >= 4 is 29.2 Å². The SMILES string of the molecule is CC(=O)c1ccc2c(c1)N(CCC(=O)N1CCN(C(C)=O)CC1)C(=O)CO2. The zero-order valence-electron chi connectivity index (χ0n) is 15.6. The third-order valence-corrected chi connectivity index (χ3v) is 4.94. The van der Waals surface area contributed by atoms with E-state index in [1.807, 2.05) is 0 Å². The van der Waals surface area contributed by atoms with Crippen molar-refractivity contribution in [2.75, 3.05) is 44.2 Å². The van der Waals surface area contributed by atoms with E-state index in [1.54, 1.807) is 28.0 Å². The zero-order chi connectivity index (χ0) is 19.6. The average Bonchev–Trinajstić information content (AvgIpc) is 2.66. The summed E-state index contributed by atoms with van der Waals surface area (Å²) in [5.74, 6) is 0.148. The van der Waals surface area contributed by atoms with Crippen molar-refractivity contribution in [2.24, 2.45) is 0 Å². The Morgan fingerprint density at radius 3 is 2.33 bits per heavy atom. The molecule has 0 atom stereocenters. The monoisotopic (exact) mass is 373 g/mol. The molecule has 8 nitrogen and oxygen atoms in total. The second kappa shape index (κ2) is 7.77. The van der Waals surface area contributed by atoms with Crippen LogP contribution in [0.4, 0.5) is 5.69 Å². The van der Waals surface area contributed by atoms with Crippen LogP contribution in [0.25, 0.3) is 0 Å². The van der Waals surface area contributed by atoms with Gasteiger partial charge in [0.1, 0.15) is 5.75 Å². The van der Waals surface area contributed by atoms with Crippen molar-refractivity contribution in [3.8, 4) is 5.75 Å². The quantitative estimate of drug-likeness (QED) is 0.725. The lowest BCUT2D eigenvalue weighted by atomic mass is 10.1. The number of hydrogen-bond acceptors (Lipinski definition) is 5. The molecule has 0 unspecified atom stereocenters. The van der Waals surface area contributed by atoms with Gasteiger partial charge < -0.3 is 19.4 Å². The van der Waals surface area contributed by atoms with Crippen molar-refractivity contribution in [1.29, 1.82) is 0 Å². The molecule has 0 spiro atoms. The van der Waals surface area contributed by atoms with E-state index >= 15 is 0 Å². The van der Waals surface area contributed by atoms with E-state index in [1.165, 1.54) is 18.7 Å². The standard InChI is InChI=1S/C19H23N3O5/c1-13(23)15-3-4-17-16(11-15)22(19(26)12-27-17)6-5-18(25)21-9-7-20(8-10-21)14(2)24/h3-4,11H,5-10,12H2,1-2H3. The predicted molar refractivity (Wildman–Crippen MR) is 97.7 cm³/mol. The summed E-state index contributed by atoms with van der Waals surface area (Å²) in [6, 6.07) is 4.97. The Morgan fingerprint density at radius 2 is 1.70 bits per heavy atom. The Hall–Kier alpha value is -2.90. The molecule has 27 heavy (non-hydrogen) atoms. The number of carbonyl (C=O) groups excluding carboxylic acids is 4. The first kappa shape index (κ1) is 18.9. The maximum atomic E-state index is 12.5. The summed E-state index contributed by atoms with van der Waals surface area (Å²) in [4.78, 5) is 52.8. The molecule has 0 saturated carbocycles.